The second-order valence-electron chi connectivity index (χ2n) is 8.94. The molecule has 1 saturated carbocycles. The minimum atomic E-state index is 0.248. The van der Waals surface area contributed by atoms with Gasteiger partial charge in [-0.2, -0.15) is 0 Å². The monoisotopic (exact) mass is 414 g/mol. The van der Waals surface area contributed by atoms with Crippen molar-refractivity contribution in [2.45, 2.75) is 43.1 Å². The molecule has 2 unspecified atom stereocenters. The Hall–Kier alpha value is -1.06. The van der Waals surface area contributed by atoms with Crippen LogP contribution >= 0.6 is 23.2 Å². The van der Waals surface area contributed by atoms with E-state index in [-0.39, 0.29) is 5.54 Å². The average molecular weight is 415 g/mol. The van der Waals surface area contributed by atoms with Gasteiger partial charge in [0.15, 0.2) is 0 Å². The Kier molecular flexibility index (Phi) is 5.17. The van der Waals surface area contributed by atoms with E-state index in [1.807, 2.05) is 0 Å². The third-order valence-electron chi connectivity index (χ3n) is 7.44. The normalized spacial score (nSPS) is 33.1. The summed E-state index contributed by atoms with van der Waals surface area (Å²) in [5.74, 6) is 1.71. The Morgan fingerprint density at radius 3 is 1.79 bits per heavy atom. The highest BCUT2D eigenvalue weighted by Gasteiger charge is 2.51. The molecule has 4 fully saturated rings. The molecule has 1 N–H and O–H groups in total. The molecule has 1 aliphatic carbocycles. The van der Waals surface area contributed by atoms with Gasteiger partial charge in [-0.25, -0.2) is 0 Å². The fourth-order valence-corrected chi connectivity index (χ4v) is 6.35. The summed E-state index contributed by atoms with van der Waals surface area (Å²) in [5.41, 5.74) is 3.14. The van der Waals surface area contributed by atoms with Crippen LogP contribution in [-0.4, -0.2) is 36.6 Å². The van der Waals surface area contributed by atoms with Crippen molar-refractivity contribution in [2.24, 2.45) is 5.92 Å². The molecule has 28 heavy (non-hydrogen) atoms. The van der Waals surface area contributed by atoms with Crippen LogP contribution in [0.4, 0.5) is 0 Å². The summed E-state index contributed by atoms with van der Waals surface area (Å²) in [5, 5.41) is 5.50. The molecule has 0 radical (unpaired) electrons. The summed E-state index contributed by atoms with van der Waals surface area (Å²) < 4.78 is 0. The molecule has 0 spiro atoms. The van der Waals surface area contributed by atoms with E-state index in [4.69, 9.17) is 23.2 Å². The van der Waals surface area contributed by atoms with Crippen LogP contribution in [0.15, 0.2) is 48.5 Å². The van der Waals surface area contributed by atoms with Crippen LogP contribution in [-0.2, 0) is 0 Å². The number of likely N-dealkylation sites (tertiary alicyclic amines) is 1. The third kappa shape index (κ3) is 3.39. The summed E-state index contributed by atoms with van der Waals surface area (Å²) in [6, 6.07) is 17.3. The molecule has 0 aromatic heterocycles. The molecular formula is C24H28Cl2N2. The van der Waals surface area contributed by atoms with Gasteiger partial charge >= 0.3 is 0 Å². The highest BCUT2D eigenvalue weighted by Crippen LogP contribution is 2.53. The van der Waals surface area contributed by atoms with Crippen LogP contribution in [0.2, 0.25) is 10.0 Å². The molecular weight excluding hydrogens is 387 g/mol. The quantitative estimate of drug-likeness (QED) is 0.691. The number of benzene rings is 2. The molecule has 3 aliphatic heterocycles. The second kappa shape index (κ2) is 7.65. The third-order valence-corrected chi connectivity index (χ3v) is 7.94. The highest BCUT2D eigenvalue weighted by molar-refractivity contribution is 6.30. The molecule has 2 aromatic rings. The van der Waals surface area contributed by atoms with Crippen molar-refractivity contribution < 1.29 is 0 Å². The van der Waals surface area contributed by atoms with E-state index in [0.717, 1.165) is 23.1 Å². The van der Waals surface area contributed by atoms with Gasteiger partial charge in [0, 0.05) is 22.1 Å². The number of fused-ring (bicyclic) bond motifs is 4. The van der Waals surface area contributed by atoms with Crippen LogP contribution in [0, 0.1) is 5.92 Å². The SMILES string of the molecule is Clc1ccc(C2CC3(N4CCCC4)CNCC2C(c2ccc(Cl)cc2)C3)cc1. The van der Waals surface area contributed by atoms with Gasteiger partial charge in [-0.05, 0) is 98.5 Å². The molecule has 0 amide bonds. The molecule has 4 aliphatic rings. The number of rotatable bonds is 3. The Bertz CT molecular complexity index is 756. The first kappa shape index (κ1) is 18.9. The van der Waals surface area contributed by atoms with Crippen LogP contribution in [0.25, 0.3) is 0 Å². The second-order valence-corrected chi connectivity index (χ2v) is 9.81. The fraction of sp³-hybridized carbons (Fsp3) is 0.500. The standard InChI is InChI=1S/C24H28Cl2N2/c25-19-7-3-17(4-8-19)21-13-24(28-11-1-2-12-28)14-22(23(21)15-27-16-24)18-5-9-20(26)10-6-18/h3-10,21-23,27H,1-2,11-16H2. The molecule has 2 nitrogen and oxygen atoms in total. The lowest BCUT2D eigenvalue weighted by atomic mass is 9.61. The number of nitrogens with zero attached hydrogens (tertiary/aromatic N) is 1. The lowest BCUT2D eigenvalue weighted by molar-refractivity contribution is 0.0543. The van der Waals surface area contributed by atoms with Gasteiger partial charge in [0.2, 0.25) is 0 Å². The molecule has 2 bridgehead atoms. The van der Waals surface area contributed by atoms with Crippen LogP contribution in [0.1, 0.15) is 48.6 Å². The molecule has 4 heteroatoms. The lowest BCUT2D eigenvalue weighted by Crippen LogP contribution is -2.55. The predicted octanol–water partition coefficient (Wildman–Crippen LogP) is 5.71. The zero-order chi connectivity index (χ0) is 19.1. The zero-order valence-corrected chi connectivity index (χ0v) is 17.7. The zero-order valence-electron chi connectivity index (χ0n) is 16.2. The largest absolute Gasteiger partial charge is 0.315 e. The van der Waals surface area contributed by atoms with Crippen molar-refractivity contribution in [2.75, 3.05) is 26.2 Å². The van der Waals surface area contributed by atoms with Gasteiger partial charge in [-0.1, -0.05) is 47.5 Å². The van der Waals surface area contributed by atoms with E-state index in [1.54, 1.807) is 0 Å². The van der Waals surface area contributed by atoms with Crippen molar-refractivity contribution in [3.8, 4) is 0 Å². The predicted molar refractivity (Wildman–Crippen MR) is 118 cm³/mol. The first-order valence-electron chi connectivity index (χ1n) is 10.6. The number of halogens is 2. The molecule has 6 rings (SSSR count). The summed E-state index contributed by atoms with van der Waals surface area (Å²) in [6.45, 7) is 4.67. The van der Waals surface area contributed by atoms with Crippen molar-refractivity contribution in [3.05, 3.63) is 69.7 Å². The van der Waals surface area contributed by atoms with E-state index < -0.39 is 0 Å². The summed E-state index contributed by atoms with van der Waals surface area (Å²) >= 11 is 12.4. The van der Waals surface area contributed by atoms with Crippen molar-refractivity contribution in [3.63, 3.8) is 0 Å². The topological polar surface area (TPSA) is 15.3 Å². The maximum absolute atomic E-state index is 6.20. The maximum Gasteiger partial charge on any atom is 0.0406 e. The molecule has 148 valence electrons. The van der Waals surface area contributed by atoms with Crippen LogP contribution < -0.4 is 5.32 Å². The Morgan fingerprint density at radius 1 is 0.786 bits per heavy atom. The average Bonchev–Trinajstić information content (AvgIpc) is 3.12. The van der Waals surface area contributed by atoms with E-state index in [0.29, 0.717) is 17.8 Å². The van der Waals surface area contributed by atoms with E-state index in [9.17, 15) is 0 Å². The van der Waals surface area contributed by atoms with Gasteiger partial charge in [-0.15, -0.1) is 0 Å². The number of hydrogen-bond donors (Lipinski definition) is 1. The molecule has 2 atom stereocenters. The van der Waals surface area contributed by atoms with Gasteiger partial charge in [-0.3, -0.25) is 4.90 Å². The van der Waals surface area contributed by atoms with Gasteiger partial charge in [0.1, 0.15) is 0 Å². The molecule has 3 saturated heterocycles. The first-order valence-corrected chi connectivity index (χ1v) is 11.4. The van der Waals surface area contributed by atoms with Crippen molar-refractivity contribution >= 4 is 23.2 Å². The van der Waals surface area contributed by atoms with E-state index in [1.165, 1.54) is 49.9 Å². The lowest BCUT2D eigenvalue weighted by Gasteiger charge is -2.50. The summed E-state index contributed by atoms with van der Waals surface area (Å²) in [6.07, 6.45) is 5.16. The fourth-order valence-electron chi connectivity index (χ4n) is 6.10. The number of nitrogens with one attached hydrogen (secondary N) is 1. The van der Waals surface area contributed by atoms with Gasteiger partial charge in [0.05, 0.1) is 0 Å². The minimum absolute atomic E-state index is 0.248. The highest BCUT2D eigenvalue weighted by atomic mass is 35.5. The van der Waals surface area contributed by atoms with E-state index >= 15 is 0 Å². The Labute approximate surface area is 178 Å². The van der Waals surface area contributed by atoms with Crippen molar-refractivity contribution in [1.29, 1.82) is 0 Å². The molecule has 3 heterocycles. The summed E-state index contributed by atoms with van der Waals surface area (Å²) in [7, 11) is 0. The minimum Gasteiger partial charge on any atom is -0.315 e. The maximum atomic E-state index is 6.20. The van der Waals surface area contributed by atoms with Crippen LogP contribution in [0.3, 0.4) is 0 Å². The molecule has 2 aromatic carbocycles. The summed E-state index contributed by atoms with van der Waals surface area (Å²) in [4.78, 5) is 2.80. The number of hydrogen-bond acceptors (Lipinski definition) is 2. The van der Waals surface area contributed by atoms with Crippen molar-refractivity contribution in [1.82, 2.24) is 10.2 Å². The van der Waals surface area contributed by atoms with Gasteiger partial charge in [0.25, 0.3) is 0 Å². The van der Waals surface area contributed by atoms with E-state index in [2.05, 4.69) is 58.7 Å². The van der Waals surface area contributed by atoms with Crippen LogP contribution in [0.5, 0.6) is 0 Å². The first-order chi connectivity index (χ1) is 13.6. The Morgan fingerprint density at radius 2 is 1.29 bits per heavy atom. The smallest absolute Gasteiger partial charge is 0.0406 e. The Balaban J connectivity index is 1.57. The van der Waals surface area contributed by atoms with Gasteiger partial charge < -0.3 is 5.32 Å².